The molecule has 0 atom stereocenters. The van der Waals surface area contributed by atoms with E-state index in [2.05, 4.69) is 4.74 Å². The molecule has 0 bridgehead atoms. The quantitative estimate of drug-likeness (QED) is 0.621. The van der Waals surface area contributed by atoms with Gasteiger partial charge in [-0.2, -0.15) is 0 Å². The van der Waals surface area contributed by atoms with Crippen molar-refractivity contribution < 1.29 is 19.7 Å². The Morgan fingerprint density at radius 2 is 1.92 bits per heavy atom. The van der Waals surface area contributed by atoms with E-state index >= 15 is 0 Å². The summed E-state index contributed by atoms with van der Waals surface area (Å²) < 4.78 is 3.96. The van der Waals surface area contributed by atoms with Gasteiger partial charge in [0.25, 0.3) is 0 Å². The minimum Gasteiger partial charge on any atom is -0.450 e. The third kappa shape index (κ3) is 9.14. The lowest BCUT2D eigenvalue weighted by molar-refractivity contribution is 0.0966. The fourth-order valence-corrected chi connectivity index (χ4v) is 1.20. The summed E-state index contributed by atoms with van der Waals surface area (Å²) in [6, 6.07) is 0. The third-order valence-electron chi connectivity index (χ3n) is 1.84. The highest BCUT2D eigenvalue weighted by Gasteiger charge is 2.07. The Balaban J connectivity index is 0.000000226. The predicted octanol–water partition coefficient (Wildman–Crippen LogP) is 2.01. The molecule has 0 radical (unpaired) electrons. The highest BCUT2D eigenvalue weighted by Crippen LogP contribution is 2.16. The van der Waals surface area contributed by atoms with Gasteiger partial charge in [0.15, 0.2) is 0 Å². The molecule has 0 aromatic rings. The molecule has 0 aliphatic heterocycles. The van der Waals surface area contributed by atoms with E-state index in [0.717, 1.165) is 12.8 Å². The van der Waals surface area contributed by atoms with Crippen LogP contribution in [0.5, 0.6) is 0 Å². The first-order chi connectivity index (χ1) is 6.16. The van der Waals surface area contributed by atoms with Crippen LogP contribution in [-0.2, 0) is 4.74 Å². The molecule has 0 saturated heterocycles. The maximum atomic E-state index is 9.38. The summed E-state index contributed by atoms with van der Waals surface area (Å²) in [5.41, 5.74) is 0. The summed E-state index contributed by atoms with van der Waals surface area (Å²) in [5.74, 6) is 0. The van der Waals surface area contributed by atoms with Gasteiger partial charge in [0, 0.05) is 0 Å². The number of carboxylic acid groups (broad SMARTS) is 1. The molecule has 4 nitrogen and oxygen atoms in total. The van der Waals surface area contributed by atoms with E-state index in [1.54, 1.807) is 6.92 Å². The van der Waals surface area contributed by atoms with Crippen molar-refractivity contribution in [2.45, 2.75) is 45.1 Å². The van der Waals surface area contributed by atoms with Crippen LogP contribution in [0, 0.1) is 0 Å². The Morgan fingerprint density at radius 3 is 2.08 bits per heavy atom. The van der Waals surface area contributed by atoms with Gasteiger partial charge < -0.3 is 14.9 Å². The summed E-state index contributed by atoms with van der Waals surface area (Å²) >= 11 is 0. The molecule has 78 valence electrons. The van der Waals surface area contributed by atoms with Crippen molar-refractivity contribution in [1.29, 1.82) is 0 Å². The van der Waals surface area contributed by atoms with Gasteiger partial charge in [-0.3, -0.25) is 0 Å². The van der Waals surface area contributed by atoms with Crippen LogP contribution < -0.4 is 0 Å². The molecule has 1 rings (SSSR count). The SMILES string of the molecule is CCOC(=O)O.OC1CCCCC1. The van der Waals surface area contributed by atoms with Crippen LogP contribution in [0.15, 0.2) is 0 Å². The largest absolute Gasteiger partial charge is 0.505 e. The monoisotopic (exact) mass is 190 g/mol. The first kappa shape index (κ1) is 12.2. The lowest BCUT2D eigenvalue weighted by Gasteiger charge is -2.14. The standard InChI is InChI=1S/C6H12O.C3H6O3/c7-6-4-2-1-3-5-6;1-2-6-3(4)5/h6-7H,1-5H2;2H2,1H3,(H,4,5). The molecule has 1 aliphatic rings. The van der Waals surface area contributed by atoms with Crippen molar-refractivity contribution in [2.75, 3.05) is 6.61 Å². The zero-order chi connectivity index (χ0) is 10.1. The van der Waals surface area contributed by atoms with Crippen molar-refractivity contribution in [3.8, 4) is 0 Å². The number of aliphatic hydroxyl groups is 1. The summed E-state index contributed by atoms with van der Waals surface area (Å²) in [6.07, 6.45) is 4.71. The Kier molecular flexibility index (Phi) is 7.39. The van der Waals surface area contributed by atoms with Crippen LogP contribution in [0.4, 0.5) is 4.79 Å². The number of ether oxygens (including phenoxy) is 1. The number of hydrogen-bond acceptors (Lipinski definition) is 3. The van der Waals surface area contributed by atoms with Gasteiger partial charge in [0.05, 0.1) is 12.7 Å². The minimum absolute atomic E-state index is 0.0359. The van der Waals surface area contributed by atoms with E-state index in [1.165, 1.54) is 19.3 Å². The van der Waals surface area contributed by atoms with Crippen LogP contribution in [0.25, 0.3) is 0 Å². The summed E-state index contributed by atoms with van der Waals surface area (Å²) in [5, 5.41) is 16.6. The van der Waals surface area contributed by atoms with Crippen molar-refractivity contribution in [3.63, 3.8) is 0 Å². The summed E-state index contributed by atoms with van der Waals surface area (Å²) in [6.45, 7) is 1.85. The van der Waals surface area contributed by atoms with Crippen LogP contribution in [0.3, 0.4) is 0 Å². The molecule has 2 N–H and O–H groups in total. The molecule has 0 aromatic carbocycles. The summed E-state index contributed by atoms with van der Waals surface area (Å²) in [4.78, 5) is 9.38. The lowest BCUT2D eigenvalue weighted by Crippen LogP contribution is -2.09. The molecule has 0 heterocycles. The number of carbonyl (C=O) groups is 1. The maximum Gasteiger partial charge on any atom is 0.505 e. The van der Waals surface area contributed by atoms with Crippen molar-refractivity contribution in [1.82, 2.24) is 0 Å². The van der Waals surface area contributed by atoms with Gasteiger partial charge >= 0.3 is 6.16 Å². The van der Waals surface area contributed by atoms with Crippen LogP contribution in [-0.4, -0.2) is 29.1 Å². The molecule has 0 amide bonds. The smallest absolute Gasteiger partial charge is 0.450 e. The molecular formula is C9H18O4. The highest BCUT2D eigenvalue weighted by atomic mass is 16.7. The Hall–Kier alpha value is -0.770. The van der Waals surface area contributed by atoms with E-state index < -0.39 is 6.16 Å². The highest BCUT2D eigenvalue weighted by molar-refractivity contribution is 5.56. The van der Waals surface area contributed by atoms with Crippen molar-refractivity contribution in [2.24, 2.45) is 0 Å². The van der Waals surface area contributed by atoms with E-state index in [9.17, 15) is 4.79 Å². The second kappa shape index (κ2) is 7.86. The third-order valence-corrected chi connectivity index (χ3v) is 1.84. The Labute approximate surface area is 78.5 Å². The van der Waals surface area contributed by atoms with E-state index in [1.807, 2.05) is 0 Å². The zero-order valence-electron chi connectivity index (χ0n) is 8.03. The Bertz CT molecular complexity index is 130. The van der Waals surface area contributed by atoms with E-state index in [-0.39, 0.29) is 12.7 Å². The molecule has 1 aliphatic carbocycles. The van der Waals surface area contributed by atoms with Gasteiger partial charge in [0.2, 0.25) is 0 Å². The molecule has 4 heteroatoms. The van der Waals surface area contributed by atoms with Crippen LogP contribution in [0.2, 0.25) is 0 Å². The maximum absolute atomic E-state index is 9.38. The Morgan fingerprint density at radius 1 is 1.38 bits per heavy atom. The van der Waals surface area contributed by atoms with Gasteiger partial charge in [-0.05, 0) is 19.8 Å². The summed E-state index contributed by atoms with van der Waals surface area (Å²) in [7, 11) is 0. The number of rotatable bonds is 1. The fourth-order valence-electron chi connectivity index (χ4n) is 1.20. The number of aliphatic hydroxyl groups excluding tert-OH is 1. The van der Waals surface area contributed by atoms with Gasteiger partial charge in [0.1, 0.15) is 0 Å². The van der Waals surface area contributed by atoms with Gasteiger partial charge in [-0.1, -0.05) is 19.3 Å². The molecule has 13 heavy (non-hydrogen) atoms. The molecule has 1 fully saturated rings. The van der Waals surface area contributed by atoms with Crippen LogP contribution in [0.1, 0.15) is 39.0 Å². The zero-order valence-corrected chi connectivity index (χ0v) is 8.03. The van der Waals surface area contributed by atoms with Crippen molar-refractivity contribution in [3.05, 3.63) is 0 Å². The predicted molar refractivity (Wildman–Crippen MR) is 48.7 cm³/mol. The van der Waals surface area contributed by atoms with Gasteiger partial charge in [-0.25, -0.2) is 4.79 Å². The first-order valence-corrected chi connectivity index (χ1v) is 4.70. The first-order valence-electron chi connectivity index (χ1n) is 4.70. The average molecular weight is 190 g/mol. The van der Waals surface area contributed by atoms with Crippen LogP contribution >= 0.6 is 0 Å². The second-order valence-electron chi connectivity index (χ2n) is 2.99. The molecule has 1 saturated carbocycles. The second-order valence-corrected chi connectivity index (χ2v) is 2.99. The normalized spacial score (nSPS) is 17.1. The van der Waals surface area contributed by atoms with E-state index in [0.29, 0.717) is 0 Å². The fraction of sp³-hybridized carbons (Fsp3) is 0.889. The molecule has 0 spiro atoms. The number of hydrogen-bond donors (Lipinski definition) is 2. The topological polar surface area (TPSA) is 66.8 Å². The molecule has 0 unspecified atom stereocenters. The average Bonchev–Trinajstić information content (AvgIpc) is 2.06. The van der Waals surface area contributed by atoms with Gasteiger partial charge in [-0.15, -0.1) is 0 Å². The van der Waals surface area contributed by atoms with E-state index in [4.69, 9.17) is 10.2 Å². The minimum atomic E-state index is -1.21. The molecule has 0 aromatic heterocycles. The van der Waals surface area contributed by atoms with Crippen molar-refractivity contribution >= 4 is 6.16 Å². The lowest BCUT2D eigenvalue weighted by atomic mass is 9.98. The molecular weight excluding hydrogens is 172 g/mol.